The number of nitrogens with zero attached hydrogens (tertiary/aromatic N) is 2. The molecule has 18 heavy (non-hydrogen) atoms. The van der Waals surface area contributed by atoms with Gasteiger partial charge in [-0.1, -0.05) is 23.9 Å². The molecule has 0 aliphatic heterocycles. The highest BCUT2D eigenvalue weighted by atomic mass is 32.2. The maximum absolute atomic E-state index is 12.2. The first-order chi connectivity index (χ1) is 8.67. The van der Waals surface area contributed by atoms with E-state index in [1.807, 2.05) is 11.5 Å². The maximum Gasteiger partial charge on any atom is 0.262 e. The van der Waals surface area contributed by atoms with Gasteiger partial charge in [0.2, 0.25) is 0 Å². The molecule has 2 aromatic rings. The number of rotatable bonds is 3. The lowest BCUT2D eigenvalue weighted by Gasteiger charge is -2.10. The van der Waals surface area contributed by atoms with E-state index in [-0.39, 0.29) is 12.1 Å². The molecule has 3 N–H and O–H groups in total. The normalized spacial score (nSPS) is 10.6. The fourth-order valence-electron chi connectivity index (χ4n) is 1.63. The third-order valence-corrected chi connectivity index (χ3v) is 3.15. The van der Waals surface area contributed by atoms with Crippen molar-refractivity contribution in [2.75, 3.05) is 6.26 Å². The summed E-state index contributed by atoms with van der Waals surface area (Å²) < 4.78 is 1.31. The van der Waals surface area contributed by atoms with Crippen molar-refractivity contribution in [2.24, 2.45) is 5.84 Å². The van der Waals surface area contributed by atoms with Crippen LogP contribution >= 0.6 is 11.8 Å². The van der Waals surface area contributed by atoms with E-state index in [9.17, 15) is 9.59 Å². The van der Waals surface area contributed by atoms with E-state index in [1.165, 1.54) is 16.3 Å². The number of para-hydroxylation sites is 1. The van der Waals surface area contributed by atoms with Crippen LogP contribution in [0.2, 0.25) is 0 Å². The van der Waals surface area contributed by atoms with Crippen LogP contribution in [-0.4, -0.2) is 21.7 Å². The van der Waals surface area contributed by atoms with Gasteiger partial charge in [0.25, 0.3) is 11.5 Å². The van der Waals surface area contributed by atoms with Gasteiger partial charge in [-0.05, 0) is 18.4 Å². The Morgan fingerprint density at radius 1 is 1.50 bits per heavy atom. The molecule has 0 atom stereocenters. The lowest BCUT2D eigenvalue weighted by Crippen LogP contribution is -2.37. The topological polar surface area (TPSA) is 90.0 Å². The number of fused-ring (bicyclic) bond motifs is 1. The van der Waals surface area contributed by atoms with E-state index in [0.29, 0.717) is 16.1 Å². The number of carbonyl (C=O) groups is 1. The fraction of sp³-hybridized carbons (Fsp3) is 0.182. The van der Waals surface area contributed by atoms with Gasteiger partial charge in [0.1, 0.15) is 6.54 Å². The third-order valence-electron chi connectivity index (χ3n) is 2.47. The summed E-state index contributed by atoms with van der Waals surface area (Å²) in [6, 6.07) is 7.03. The molecule has 7 heteroatoms. The molecule has 6 nitrogen and oxygen atoms in total. The first-order valence-corrected chi connectivity index (χ1v) is 6.43. The molecular weight excluding hydrogens is 252 g/mol. The number of nitrogens with two attached hydrogens (primary N) is 1. The lowest BCUT2D eigenvalue weighted by molar-refractivity contribution is -0.121. The number of hydrogen-bond donors (Lipinski definition) is 2. The Bertz CT molecular complexity index is 653. The van der Waals surface area contributed by atoms with Gasteiger partial charge in [-0.2, -0.15) is 0 Å². The standard InChI is InChI=1S/C11H12N4O2S/c1-18-11-13-8-5-3-2-4-7(8)10(17)15(11)6-9(16)14-12/h2-5H,6,12H2,1H3,(H,14,16). The molecule has 0 aliphatic rings. The molecule has 0 fully saturated rings. The van der Waals surface area contributed by atoms with Crippen molar-refractivity contribution in [2.45, 2.75) is 11.7 Å². The highest BCUT2D eigenvalue weighted by Gasteiger charge is 2.12. The number of amides is 1. The average molecular weight is 264 g/mol. The number of benzene rings is 1. The Morgan fingerprint density at radius 2 is 2.22 bits per heavy atom. The van der Waals surface area contributed by atoms with Crippen molar-refractivity contribution in [1.29, 1.82) is 0 Å². The van der Waals surface area contributed by atoms with Crippen LogP contribution in [0, 0.1) is 0 Å². The molecule has 1 aromatic heterocycles. The van der Waals surface area contributed by atoms with Crippen LogP contribution < -0.4 is 16.8 Å². The highest BCUT2D eigenvalue weighted by Crippen LogP contribution is 2.14. The number of nitrogens with one attached hydrogen (secondary N) is 1. The van der Waals surface area contributed by atoms with Crippen molar-refractivity contribution >= 4 is 28.6 Å². The lowest BCUT2D eigenvalue weighted by atomic mass is 10.2. The summed E-state index contributed by atoms with van der Waals surface area (Å²) in [5.41, 5.74) is 2.38. The number of thioether (sulfide) groups is 1. The molecule has 1 amide bonds. The zero-order chi connectivity index (χ0) is 13.1. The quantitative estimate of drug-likeness (QED) is 0.270. The Hall–Kier alpha value is -1.86. The van der Waals surface area contributed by atoms with E-state index in [4.69, 9.17) is 5.84 Å². The van der Waals surface area contributed by atoms with Crippen LogP contribution in [0.4, 0.5) is 0 Å². The van der Waals surface area contributed by atoms with Crippen LogP contribution in [0.15, 0.2) is 34.2 Å². The molecular formula is C11H12N4O2S. The van der Waals surface area contributed by atoms with Crippen molar-refractivity contribution < 1.29 is 4.79 Å². The monoisotopic (exact) mass is 264 g/mol. The second kappa shape index (κ2) is 5.19. The molecule has 0 bridgehead atoms. The Morgan fingerprint density at radius 3 is 2.89 bits per heavy atom. The zero-order valence-corrected chi connectivity index (χ0v) is 10.5. The van der Waals surface area contributed by atoms with Crippen LogP contribution in [-0.2, 0) is 11.3 Å². The number of hydrogen-bond acceptors (Lipinski definition) is 5. The highest BCUT2D eigenvalue weighted by molar-refractivity contribution is 7.98. The SMILES string of the molecule is CSc1nc2ccccc2c(=O)n1CC(=O)NN. The van der Waals surface area contributed by atoms with Gasteiger partial charge in [0, 0.05) is 0 Å². The third kappa shape index (κ3) is 2.22. The summed E-state index contributed by atoms with van der Waals surface area (Å²) in [7, 11) is 0. The minimum Gasteiger partial charge on any atom is -0.293 e. The second-order valence-corrected chi connectivity index (χ2v) is 4.35. The van der Waals surface area contributed by atoms with Gasteiger partial charge in [0.05, 0.1) is 10.9 Å². The predicted molar refractivity (Wildman–Crippen MR) is 70.1 cm³/mol. The Labute approximate surface area is 107 Å². The summed E-state index contributed by atoms with van der Waals surface area (Å²) in [4.78, 5) is 27.9. The first-order valence-electron chi connectivity index (χ1n) is 5.20. The van der Waals surface area contributed by atoms with E-state index in [2.05, 4.69) is 4.98 Å². The van der Waals surface area contributed by atoms with Gasteiger partial charge in [-0.3, -0.25) is 19.6 Å². The van der Waals surface area contributed by atoms with Gasteiger partial charge >= 0.3 is 0 Å². The van der Waals surface area contributed by atoms with E-state index in [0.717, 1.165) is 0 Å². The molecule has 0 spiro atoms. The minimum atomic E-state index is -0.440. The first kappa shape index (κ1) is 12.6. The molecule has 0 unspecified atom stereocenters. The molecule has 0 aliphatic carbocycles. The molecule has 0 saturated carbocycles. The molecule has 2 rings (SSSR count). The Balaban J connectivity index is 2.66. The summed E-state index contributed by atoms with van der Waals surface area (Å²) in [5, 5.41) is 0.974. The average Bonchev–Trinajstić information content (AvgIpc) is 2.41. The zero-order valence-electron chi connectivity index (χ0n) is 9.71. The molecule has 1 aromatic carbocycles. The van der Waals surface area contributed by atoms with Gasteiger partial charge in [-0.25, -0.2) is 10.8 Å². The fourth-order valence-corrected chi connectivity index (χ4v) is 2.19. The summed E-state index contributed by atoms with van der Waals surface area (Å²) in [5.74, 6) is 4.59. The largest absolute Gasteiger partial charge is 0.293 e. The predicted octanol–water partition coefficient (Wildman–Crippen LogP) is 0.108. The van der Waals surface area contributed by atoms with Crippen LogP contribution in [0.1, 0.15) is 0 Å². The summed E-state index contributed by atoms with van der Waals surface area (Å²) >= 11 is 1.31. The van der Waals surface area contributed by atoms with Crippen molar-refractivity contribution in [1.82, 2.24) is 15.0 Å². The molecule has 0 radical (unpaired) electrons. The molecule has 0 saturated heterocycles. The number of hydrazine groups is 1. The maximum atomic E-state index is 12.2. The van der Waals surface area contributed by atoms with E-state index >= 15 is 0 Å². The van der Waals surface area contributed by atoms with Gasteiger partial charge < -0.3 is 0 Å². The van der Waals surface area contributed by atoms with Crippen LogP contribution in [0.3, 0.4) is 0 Å². The van der Waals surface area contributed by atoms with Crippen molar-refractivity contribution in [3.8, 4) is 0 Å². The number of carbonyl (C=O) groups excluding carboxylic acids is 1. The number of aromatic nitrogens is 2. The molecule has 1 heterocycles. The summed E-state index contributed by atoms with van der Waals surface area (Å²) in [6.07, 6.45) is 1.80. The minimum absolute atomic E-state index is 0.136. The smallest absolute Gasteiger partial charge is 0.262 e. The summed E-state index contributed by atoms with van der Waals surface area (Å²) in [6.45, 7) is -0.136. The molecule has 94 valence electrons. The second-order valence-electron chi connectivity index (χ2n) is 3.57. The Kier molecular flexibility index (Phi) is 3.63. The van der Waals surface area contributed by atoms with Crippen LogP contribution in [0.25, 0.3) is 10.9 Å². The van der Waals surface area contributed by atoms with E-state index in [1.54, 1.807) is 24.5 Å². The van der Waals surface area contributed by atoms with Crippen molar-refractivity contribution in [3.05, 3.63) is 34.6 Å². The van der Waals surface area contributed by atoms with Gasteiger partial charge in [-0.15, -0.1) is 0 Å². The van der Waals surface area contributed by atoms with Gasteiger partial charge in [0.15, 0.2) is 5.16 Å². The van der Waals surface area contributed by atoms with E-state index < -0.39 is 5.91 Å². The van der Waals surface area contributed by atoms with Crippen molar-refractivity contribution in [3.63, 3.8) is 0 Å². The van der Waals surface area contributed by atoms with Crippen LogP contribution in [0.5, 0.6) is 0 Å².